The molecule has 234 valence electrons. The first-order chi connectivity index (χ1) is 20.6. The van der Waals surface area contributed by atoms with Crippen molar-refractivity contribution in [3.63, 3.8) is 0 Å². The zero-order chi connectivity index (χ0) is 31.0. The fraction of sp³-hybridized carbons (Fsp3) is 0.514. The number of hydrogen-bond donors (Lipinski definition) is 1. The highest BCUT2D eigenvalue weighted by Gasteiger charge is 2.44. The van der Waals surface area contributed by atoms with E-state index in [4.69, 9.17) is 23.7 Å². The third-order valence-corrected chi connectivity index (χ3v) is 8.24. The van der Waals surface area contributed by atoms with Gasteiger partial charge in [0.1, 0.15) is 22.8 Å². The molecule has 0 aliphatic carbocycles. The number of carbonyl (C=O) groups excluding carboxylic acids is 1. The molecule has 2 heterocycles. The predicted octanol–water partition coefficient (Wildman–Crippen LogP) is 6.38. The maximum Gasteiger partial charge on any atom is 0.254 e. The van der Waals surface area contributed by atoms with Crippen LogP contribution in [0.2, 0.25) is 0 Å². The predicted molar refractivity (Wildman–Crippen MR) is 167 cm³/mol. The van der Waals surface area contributed by atoms with E-state index in [0.717, 1.165) is 41.7 Å². The standard InChI is InChI=1S/C35H47NO7/c1-24(2)9-7-10-25(3)11-8-17-35(4)32(37)20-29-31(42-23-40-6)19-28-30(33(29)43-35)21-36(34(28)38)18-16-26-12-14-27(15-13-26)41-22-39-5/h9,11-15,19,32,37H,7-8,10,16-18,20-23H2,1-6H3/b25-11+/t32-,35-/m1/s1. The minimum atomic E-state index is -0.791. The molecule has 0 saturated heterocycles. The van der Waals surface area contributed by atoms with Gasteiger partial charge in [-0.2, -0.15) is 0 Å². The molecule has 0 aromatic heterocycles. The quantitative estimate of drug-likeness (QED) is 0.190. The minimum Gasteiger partial charge on any atom is -0.484 e. The molecule has 0 bridgehead atoms. The summed E-state index contributed by atoms with van der Waals surface area (Å²) in [5.74, 6) is 1.87. The van der Waals surface area contributed by atoms with Gasteiger partial charge in [-0.25, -0.2) is 0 Å². The number of ether oxygens (including phenoxy) is 5. The summed E-state index contributed by atoms with van der Waals surface area (Å²) >= 11 is 0. The molecule has 2 aliphatic rings. The number of fused-ring (bicyclic) bond motifs is 3. The SMILES string of the molecule is COCOc1ccc(CCN2Cc3c(cc(OCOC)c4c3O[C@](C)(CC/C=C(\C)CCC=C(C)C)[C@H](O)C4)C2=O)cc1. The molecule has 4 rings (SSSR count). The third kappa shape index (κ3) is 8.19. The highest BCUT2D eigenvalue weighted by Crippen LogP contribution is 2.46. The number of methoxy groups -OCH3 is 2. The van der Waals surface area contributed by atoms with E-state index in [0.29, 0.717) is 49.4 Å². The lowest BCUT2D eigenvalue weighted by Gasteiger charge is -2.41. The molecule has 0 spiro atoms. The highest BCUT2D eigenvalue weighted by atomic mass is 16.7. The van der Waals surface area contributed by atoms with Gasteiger partial charge in [-0.1, -0.05) is 35.4 Å². The average Bonchev–Trinajstić information content (AvgIpc) is 3.30. The molecule has 2 aliphatic heterocycles. The number of carbonyl (C=O) groups is 1. The van der Waals surface area contributed by atoms with Crippen LogP contribution in [0.5, 0.6) is 17.2 Å². The van der Waals surface area contributed by atoms with Crippen molar-refractivity contribution in [1.29, 1.82) is 0 Å². The van der Waals surface area contributed by atoms with Gasteiger partial charge in [-0.3, -0.25) is 4.79 Å². The van der Waals surface area contributed by atoms with Gasteiger partial charge >= 0.3 is 0 Å². The van der Waals surface area contributed by atoms with Gasteiger partial charge in [0.2, 0.25) is 0 Å². The van der Waals surface area contributed by atoms with E-state index in [9.17, 15) is 9.90 Å². The molecule has 0 fully saturated rings. The molecule has 2 aromatic rings. The van der Waals surface area contributed by atoms with Crippen LogP contribution in [0, 0.1) is 0 Å². The maximum atomic E-state index is 13.6. The summed E-state index contributed by atoms with van der Waals surface area (Å²) in [6.45, 7) is 9.61. The van der Waals surface area contributed by atoms with E-state index in [1.807, 2.05) is 36.1 Å². The van der Waals surface area contributed by atoms with Crippen molar-refractivity contribution in [3.05, 3.63) is 75.9 Å². The Kier molecular flexibility index (Phi) is 11.3. The first kappa shape index (κ1) is 32.6. The van der Waals surface area contributed by atoms with Gasteiger partial charge in [-0.05, 0) is 83.6 Å². The van der Waals surface area contributed by atoms with E-state index >= 15 is 0 Å². The Hall–Kier alpha value is -3.33. The van der Waals surface area contributed by atoms with Gasteiger partial charge < -0.3 is 33.7 Å². The molecule has 2 atom stereocenters. The van der Waals surface area contributed by atoms with Crippen LogP contribution < -0.4 is 14.2 Å². The first-order valence-corrected chi connectivity index (χ1v) is 15.1. The third-order valence-electron chi connectivity index (χ3n) is 8.24. The van der Waals surface area contributed by atoms with Gasteiger partial charge in [0.25, 0.3) is 5.91 Å². The zero-order valence-electron chi connectivity index (χ0n) is 26.5. The Morgan fingerprint density at radius 2 is 1.77 bits per heavy atom. The number of amides is 1. The van der Waals surface area contributed by atoms with Crippen LogP contribution in [0.3, 0.4) is 0 Å². The molecule has 0 unspecified atom stereocenters. The topological polar surface area (TPSA) is 86.7 Å². The van der Waals surface area contributed by atoms with Crippen LogP contribution in [0.25, 0.3) is 0 Å². The van der Waals surface area contributed by atoms with Crippen molar-refractivity contribution >= 4 is 5.91 Å². The molecule has 8 nitrogen and oxygen atoms in total. The normalized spacial score (nSPS) is 19.5. The van der Waals surface area contributed by atoms with Crippen LogP contribution >= 0.6 is 0 Å². The number of aliphatic hydroxyl groups is 1. The Labute approximate surface area is 256 Å². The van der Waals surface area contributed by atoms with E-state index in [1.54, 1.807) is 20.3 Å². The molecule has 0 saturated carbocycles. The molecule has 8 heteroatoms. The fourth-order valence-electron chi connectivity index (χ4n) is 5.62. The maximum absolute atomic E-state index is 13.6. The number of allylic oxidation sites excluding steroid dienone is 4. The van der Waals surface area contributed by atoms with Crippen molar-refractivity contribution in [3.8, 4) is 17.2 Å². The summed E-state index contributed by atoms with van der Waals surface area (Å²) in [5, 5.41) is 11.3. The molecule has 2 aromatic carbocycles. The van der Waals surface area contributed by atoms with Crippen molar-refractivity contribution < 1.29 is 33.6 Å². The summed E-state index contributed by atoms with van der Waals surface area (Å²) in [4.78, 5) is 15.4. The lowest BCUT2D eigenvalue weighted by Crippen LogP contribution is -2.49. The number of aliphatic hydroxyl groups excluding tert-OH is 1. The Morgan fingerprint density at radius 3 is 2.47 bits per heavy atom. The van der Waals surface area contributed by atoms with Crippen LogP contribution in [0.1, 0.15) is 80.4 Å². The van der Waals surface area contributed by atoms with E-state index in [-0.39, 0.29) is 19.5 Å². The number of benzene rings is 2. The first-order valence-electron chi connectivity index (χ1n) is 15.1. The lowest BCUT2D eigenvalue weighted by atomic mass is 9.84. The van der Waals surface area contributed by atoms with Crippen LogP contribution in [0.15, 0.2) is 53.6 Å². The summed E-state index contributed by atoms with van der Waals surface area (Å²) in [7, 11) is 3.14. The van der Waals surface area contributed by atoms with E-state index in [1.165, 1.54) is 11.1 Å². The molecule has 43 heavy (non-hydrogen) atoms. The van der Waals surface area contributed by atoms with Gasteiger partial charge in [0.15, 0.2) is 13.6 Å². The monoisotopic (exact) mass is 593 g/mol. The summed E-state index contributed by atoms with van der Waals surface area (Å²) in [6, 6.07) is 9.61. The zero-order valence-corrected chi connectivity index (χ0v) is 26.5. The smallest absolute Gasteiger partial charge is 0.254 e. The minimum absolute atomic E-state index is 0.0391. The molecule has 1 N–H and O–H groups in total. The van der Waals surface area contributed by atoms with Crippen molar-refractivity contribution in [2.75, 3.05) is 34.4 Å². The van der Waals surface area contributed by atoms with E-state index in [2.05, 4.69) is 32.9 Å². The molecule has 1 amide bonds. The Morgan fingerprint density at radius 1 is 1.05 bits per heavy atom. The van der Waals surface area contributed by atoms with Crippen LogP contribution in [-0.4, -0.2) is 62.0 Å². The van der Waals surface area contributed by atoms with Gasteiger partial charge in [-0.15, -0.1) is 0 Å². The van der Waals surface area contributed by atoms with Crippen molar-refractivity contribution in [2.45, 2.75) is 84.5 Å². The van der Waals surface area contributed by atoms with E-state index < -0.39 is 11.7 Å². The highest BCUT2D eigenvalue weighted by molar-refractivity contribution is 6.00. The number of hydrogen-bond acceptors (Lipinski definition) is 7. The largest absolute Gasteiger partial charge is 0.484 e. The van der Waals surface area contributed by atoms with Crippen molar-refractivity contribution in [2.24, 2.45) is 0 Å². The fourth-order valence-corrected chi connectivity index (χ4v) is 5.62. The lowest BCUT2D eigenvalue weighted by molar-refractivity contribution is -0.0606. The number of nitrogens with zero attached hydrogens (tertiary/aromatic N) is 1. The van der Waals surface area contributed by atoms with Gasteiger partial charge in [0, 0.05) is 38.3 Å². The summed E-state index contributed by atoms with van der Waals surface area (Å²) in [5.41, 5.74) is 5.22. The van der Waals surface area contributed by atoms with Gasteiger partial charge in [0.05, 0.1) is 18.2 Å². The Balaban J connectivity index is 1.50. The second kappa shape index (κ2) is 14.9. The Bertz CT molecular complexity index is 1310. The van der Waals surface area contributed by atoms with Crippen LogP contribution in [-0.2, 0) is 28.9 Å². The second-order valence-corrected chi connectivity index (χ2v) is 12.0. The van der Waals surface area contributed by atoms with Crippen molar-refractivity contribution in [1.82, 2.24) is 4.90 Å². The molecular weight excluding hydrogens is 546 g/mol. The van der Waals surface area contributed by atoms with Crippen LogP contribution in [0.4, 0.5) is 0 Å². The molecular formula is C35H47NO7. The summed E-state index contributed by atoms with van der Waals surface area (Å²) < 4.78 is 28.2. The summed E-state index contributed by atoms with van der Waals surface area (Å²) in [6.07, 6.45) is 8.39. The molecule has 0 radical (unpaired) electrons. The number of rotatable bonds is 15. The second-order valence-electron chi connectivity index (χ2n) is 12.0. The average molecular weight is 594 g/mol.